The van der Waals surface area contributed by atoms with Gasteiger partial charge in [-0.05, 0) is 32.1 Å². The molecule has 0 bridgehead atoms. The van der Waals surface area contributed by atoms with Gasteiger partial charge in [0.1, 0.15) is 0 Å². The average molecular weight is 236 g/mol. The van der Waals surface area contributed by atoms with E-state index in [0.717, 1.165) is 25.7 Å². The van der Waals surface area contributed by atoms with Crippen molar-refractivity contribution in [3.63, 3.8) is 0 Å². The molecule has 3 nitrogen and oxygen atoms in total. The molecule has 2 fully saturated rings. The smallest absolute Gasteiger partial charge is 0.224 e. The number of carbonyl (C=O) groups is 1. The second-order valence-corrected chi connectivity index (χ2v) is 5.67. The van der Waals surface area contributed by atoms with Gasteiger partial charge in [0.2, 0.25) is 5.91 Å². The van der Waals surface area contributed by atoms with Gasteiger partial charge in [-0.15, -0.1) is 6.58 Å². The molecular weight excluding hydrogens is 212 g/mol. The Labute approximate surface area is 104 Å². The molecule has 0 spiro atoms. The van der Waals surface area contributed by atoms with E-state index in [1.165, 1.54) is 19.3 Å². The van der Waals surface area contributed by atoms with Gasteiger partial charge in [0.15, 0.2) is 0 Å². The van der Waals surface area contributed by atoms with Gasteiger partial charge in [-0.25, -0.2) is 0 Å². The summed E-state index contributed by atoms with van der Waals surface area (Å²) in [6.45, 7) is 4.44. The van der Waals surface area contributed by atoms with Gasteiger partial charge in [-0.1, -0.05) is 18.9 Å². The molecule has 96 valence electrons. The highest BCUT2D eigenvalue weighted by Crippen LogP contribution is 2.33. The van der Waals surface area contributed by atoms with Crippen molar-refractivity contribution in [2.24, 2.45) is 5.73 Å². The molecule has 2 saturated carbocycles. The molecule has 0 unspecified atom stereocenters. The average Bonchev–Trinajstić information content (AvgIpc) is 2.76. The fraction of sp³-hybridized carbons (Fsp3) is 0.786. The number of hydrogen-bond donors (Lipinski definition) is 1. The van der Waals surface area contributed by atoms with Crippen molar-refractivity contribution < 1.29 is 4.79 Å². The Morgan fingerprint density at radius 2 is 2.00 bits per heavy atom. The van der Waals surface area contributed by atoms with Crippen LogP contribution >= 0.6 is 0 Å². The molecular formula is C14H24N2O. The Morgan fingerprint density at radius 3 is 2.47 bits per heavy atom. The van der Waals surface area contributed by atoms with Crippen LogP contribution < -0.4 is 5.73 Å². The molecule has 0 aromatic carbocycles. The number of nitrogens with zero attached hydrogens (tertiary/aromatic N) is 1. The number of nitrogens with two attached hydrogens (primary N) is 1. The first-order chi connectivity index (χ1) is 8.14. The summed E-state index contributed by atoms with van der Waals surface area (Å²) in [5.74, 6) is 0.235. The molecule has 3 heteroatoms. The molecule has 2 aliphatic rings. The van der Waals surface area contributed by atoms with Crippen LogP contribution in [0.2, 0.25) is 0 Å². The summed E-state index contributed by atoms with van der Waals surface area (Å²) in [5.41, 5.74) is 5.96. The van der Waals surface area contributed by atoms with Crippen LogP contribution in [0, 0.1) is 0 Å². The fourth-order valence-corrected chi connectivity index (χ4v) is 3.02. The van der Waals surface area contributed by atoms with E-state index in [1.54, 1.807) is 0 Å². The summed E-state index contributed by atoms with van der Waals surface area (Å²) >= 11 is 0. The Kier molecular flexibility index (Phi) is 3.87. The third kappa shape index (κ3) is 2.89. The first-order valence-corrected chi connectivity index (χ1v) is 6.84. The summed E-state index contributed by atoms with van der Waals surface area (Å²) in [6.07, 6.45) is 10.3. The monoisotopic (exact) mass is 236 g/mol. The third-order valence-corrected chi connectivity index (χ3v) is 4.26. The van der Waals surface area contributed by atoms with Crippen LogP contribution in [0.4, 0.5) is 0 Å². The fourth-order valence-electron chi connectivity index (χ4n) is 3.02. The van der Waals surface area contributed by atoms with Crippen molar-refractivity contribution in [1.29, 1.82) is 0 Å². The van der Waals surface area contributed by atoms with Crippen LogP contribution in [-0.4, -0.2) is 28.9 Å². The Morgan fingerprint density at radius 1 is 1.35 bits per heavy atom. The minimum Gasteiger partial charge on any atom is -0.336 e. The van der Waals surface area contributed by atoms with E-state index in [4.69, 9.17) is 5.73 Å². The van der Waals surface area contributed by atoms with Crippen molar-refractivity contribution in [3.05, 3.63) is 12.7 Å². The maximum atomic E-state index is 12.3. The summed E-state index contributed by atoms with van der Waals surface area (Å²) in [5, 5.41) is 0. The Hall–Kier alpha value is -0.830. The predicted molar refractivity (Wildman–Crippen MR) is 69.6 cm³/mol. The van der Waals surface area contributed by atoms with E-state index < -0.39 is 0 Å². The van der Waals surface area contributed by atoms with Crippen LogP contribution in [0.25, 0.3) is 0 Å². The number of amides is 1. The van der Waals surface area contributed by atoms with Crippen molar-refractivity contribution in [2.75, 3.05) is 6.54 Å². The quantitative estimate of drug-likeness (QED) is 0.744. The highest BCUT2D eigenvalue weighted by molar-refractivity contribution is 5.78. The van der Waals surface area contributed by atoms with E-state index in [1.807, 2.05) is 11.0 Å². The van der Waals surface area contributed by atoms with E-state index in [9.17, 15) is 4.79 Å². The van der Waals surface area contributed by atoms with Crippen LogP contribution in [0.1, 0.15) is 51.4 Å². The lowest BCUT2D eigenvalue weighted by atomic mass is 9.75. The van der Waals surface area contributed by atoms with Crippen LogP contribution in [0.5, 0.6) is 0 Å². The minimum absolute atomic E-state index is 0.199. The van der Waals surface area contributed by atoms with Gasteiger partial charge in [0, 0.05) is 24.5 Å². The zero-order valence-electron chi connectivity index (χ0n) is 10.7. The molecule has 0 saturated heterocycles. The first-order valence-electron chi connectivity index (χ1n) is 6.84. The van der Waals surface area contributed by atoms with Crippen LogP contribution in [0.3, 0.4) is 0 Å². The van der Waals surface area contributed by atoms with Crippen LogP contribution in [-0.2, 0) is 4.79 Å². The van der Waals surface area contributed by atoms with E-state index in [2.05, 4.69) is 6.58 Å². The molecule has 2 aliphatic carbocycles. The predicted octanol–water partition coefficient (Wildman–Crippen LogP) is 2.22. The Balaban J connectivity index is 1.94. The molecule has 0 aromatic heterocycles. The van der Waals surface area contributed by atoms with Crippen molar-refractivity contribution >= 4 is 5.91 Å². The lowest BCUT2D eigenvalue weighted by molar-refractivity contribution is -0.134. The van der Waals surface area contributed by atoms with E-state index in [-0.39, 0.29) is 11.4 Å². The molecule has 0 radical (unpaired) electrons. The van der Waals surface area contributed by atoms with Crippen LogP contribution in [0.15, 0.2) is 12.7 Å². The van der Waals surface area contributed by atoms with E-state index >= 15 is 0 Å². The van der Waals surface area contributed by atoms with Gasteiger partial charge in [-0.3, -0.25) is 4.79 Å². The molecule has 1 amide bonds. The topological polar surface area (TPSA) is 46.3 Å². The molecule has 17 heavy (non-hydrogen) atoms. The van der Waals surface area contributed by atoms with Gasteiger partial charge < -0.3 is 10.6 Å². The number of carbonyl (C=O) groups excluding carboxylic acids is 1. The second kappa shape index (κ2) is 5.21. The zero-order valence-corrected chi connectivity index (χ0v) is 10.7. The molecule has 2 N–H and O–H groups in total. The first kappa shape index (κ1) is 12.6. The highest BCUT2D eigenvalue weighted by Gasteiger charge is 2.37. The van der Waals surface area contributed by atoms with Crippen molar-refractivity contribution in [1.82, 2.24) is 4.90 Å². The van der Waals surface area contributed by atoms with Gasteiger partial charge in [0.05, 0.1) is 0 Å². The maximum Gasteiger partial charge on any atom is 0.224 e. The highest BCUT2D eigenvalue weighted by atomic mass is 16.2. The SMILES string of the molecule is C=CCN(C(=O)CC1(N)CCC1)C1CCCC1. The minimum atomic E-state index is -0.199. The largest absolute Gasteiger partial charge is 0.336 e. The summed E-state index contributed by atoms with van der Waals surface area (Å²) < 4.78 is 0. The standard InChI is InChI=1S/C14H24N2O/c1-2-10-16(12-6-3-4-7-12)13(17)11-14(15)8-5-9-14/h2,12H,1,3-11,15H2. The molecule has 0 aliphatic heterocycles. The molecule has 0 aromatic rings. The second-order valence-electron chi connectivity index (χ2n) is 5.67. The molecule has 0 heterocycles. The zero-order chi connectivity index (χ0) is 12.3. The van der Waals surface area contributed by atoms with Crippen molar-refractivity contribution in [3.8, 4) is 0 Å². The molecule has 2 rings (SSSR count). The van der Waals surface area contributed by atoms with Gasteiger partial charge in [0.25, 0.3) is 0 Å². The Bertz CT molecular complexity index is 291. The molecule has 0 atom stereocenters. The normalized spacial score (nSPS) is 23.1. The summed E-state index contributed by atoms with van der Waals surface area (Å²) in [4.78, 5) is 14.3. The van der Waals surface area contributed by atoms with E-state index in [0.29, 0.717) is 19.0 Å². The van der Waals surface area contributed by atoms with Crippen molar-refractivity contribution in [2.45, 2.75) is 62.9 Å². The number of rotatable bonds is 5. The number of hydrogen-bond acceptors (Lipinski definition) is 2. The van der Waals surface area contributed by atoms with Gasteiger partial charge in [-0.2, -0.15) is 0 Å². The third-order valence-electron chi connectivity index (χ3n) is 4.26. The summed E-state index contributed by atoms with van der Waals surface area (Å²) in [6, 6.07) is 0.434. The lowest BCUT2D eigenvalue weighted by Gasteiger charge is -2.40. The van der Waals surface area contributed by atoms with Gasteiger partial charge >= 0.3 is 0 Å². The lowest BCUT2D eigenvalue weighted by Crippen LogP contribution is -2.51. The maximum absolute atomic E-state index is 12.3. The summed E-state index contributed by atoms with van der Waals surface area (Å²) in [7, 11) is 0.